The number of likely N-dealkylation sites (N-methyl/N-ethyl adjacent to an activating group) is 1. The summed E-state index contributed by atoms with van der Waals surface area (Å²) in [6.07, 6.45) is 0. The molecule has 7 nitrogen and oxygen atoms in total. The first-order valence-electron chi connectivity index (χ1n) is 5.87. The van der Waals surface area contributed by atoms with Crippen LogP contribution in [-0.4, -0.2) is 37.2 Å². The fourth-order valence-electron chi connectivity index (χ4n) is 1.49. The topological polar surface area (TPSA) is 90.7 Å². The molecule has 0 aliphatic rings. The van der Waals surface area contributed by atoms with Crippen molar-refractivity contribution in [2.45, 2.75) is 13.0 Å². The van der Waals surface area contributed by atoms with E-state index in [1.165, 1.54) is 25.3 Å². The van der Waals surface area contributed by atoms with Gasteiger partial charge in [-0.3, -0.25) is 14.9 Å². The zero-order chi connectivity index (χ0) is 15.1. The highest BCUT2D eigenvalue weighted by Gasteiger charge is 2.19. The Morgan fingerprint density at radius 1 is 1.55 bits per heavy atom. The lowest BCUT2D eigenvalue weighted by atomic mass is 10.3. The maximum absolute atomic E-state index is 11.5. The van der Waals surface area contributed by atoms with Gasteiger partial charge in [0.1, 0.15) is 18.4 Å². The van der Waals surface area contributed by atoms with E-state index < -0.39 is 16.9 Å². The van der Waals surface area contributed by atoms with Crippen LogP contribution in [0.25, 0.3) is 0 Å². The molecule has 20 heavy (non-hydrogen) atoms. The van der Waals surface area contributed by atoms with Gasteiger partial charge in [-0.2, -0.15) is 0 Å². The molecule has 0 heterocycles. The fourth-order valence-corrected chi connectivity index (χ4v) is 1.72. The number of carbonyl (C=O) groups is 1. The molecule has 1 unspecified atom stereocenters. The molecule has 110 valence electrons. The van der Waals surface area contributed by atoms with Crippen molar-refractivity contribution in [1.29, 1.82) is 0 Å². The van der Waals surface area contributed by atoms with Gasteiger partial charge < -0.3 is 14.8 Å². The van der Waals surface area contributed by atoms with Crippen LogP contribution in [0.15, 0.2) is 18.2 Å². The van der Waals surface area contributed by atoms with Gasteiger partial charge in [0.25, 0.3) is 5.69 Å². The SMILES string of the molecule is CCNC(COc1ccc([N+](=O)[O-])cc1Cl)C(=O)OC. The lowest BCUT2D eigenvalue weighted by molar-refractivity contribution is -0.384. The highest BCUT2D eigenvalue weighted by molar-refractivity contribution is 6.32. The number of nitro groups is 1. The molecule has 0 aliphatic heterocycles. The van der Waals surface area contributed by atoms with Crippen LogP contribution >= 0.6 is 11.6 Å². The van der Waals surface area contributed by atoms with Crippen molar-refractivity contribution in [3.8, 4) is 5.75 Å². The average Bonchev–Trinajstić information content (AvgIpc) is 2.43. The first-order valence-corrected chi connectivity index (χ1v) is 6.25. The quantitative estimate of drug-likeness (QED) is 0.469. The van der Waals surface area contributed by atoms with Gasteiger partial charge in [0, 0.05) is 12.1 Å². The number of benzene rings is 1. The van der Waals surface area contributed by atoms with Crippen LogP contribution < -0.4 is 10.1 Å². The molecule has 0 aliphatic carbocycles. The van der Waals surface area contributed by atoms with Crippen LogP contribution in [0.1, 0.15) is 6.92 Å². The highest BCUT2D eigenvalue weighted by atomic mass is 35.5. The zero-order valence-electron chi connectivity index (χ0n) is 11.1. The zero-order valence-corrected chi connectivity index (χ0v) is 11.8. The number of non-ortho nitro benzene ring substituents is 1. The molecule has 1 aromatic rings. The van der Waals surface area contributed by atoms with E-state index in [9.17, 15) is 14.9 Å². The molecule has 0 saturated heterocycles. The molecule has 0 bridgehead atoms. The molecule has 0 aromatic heterocycles. The molecule has 0 saturated carbocycles. The van der Waals surface area contributed by atoms with Gasteiger partial charge in [0.05, 0.1) is 17.1 Å². The Bertz CT molecular complexity index is 495. The number of nitro benzene ring substituents is 1. The van der Waals surface area contributed by atoms with Gasteiger partial charge in [0.15, 0.2) is 0 Å². The predicted molar refractivity (Wildman–Crippen MR) is 73.1 cm³/mol. The van der Waals surface area contributed by atoms with E-state index in [-0.39, 0.29) is 23.1 Å². The second-order valence-corrected chi connectivity index (χ2v) is 4.22. The standard InChI is InChI=1S/C12H15ClN2O5/c1-3-14-10(12(16)19-2)7-20-11-5-4-8(15(17)18)6-9(11)13/h4-6,10,14H,3,7H2,1-2H3. The molecule has 0 spiro atoms. The summed E-state index contributed by atoms with van der Waals surface area (Å²) in [6.45, 7) is 2.42. The summed E-state index contributed by atoms with van der Waals surface area (Å²) < 4.78 is 10.0. The van der Waals surface area contributed by atoms with Gasteiger partial charge in [0.2, 0.25) is 0 Å². The van der Waals surface area contributed by atoms with Crippen LogP contribution in [0.2, 0.25) is 5.02 Å². The lowest BCUT2D eigenvalue weighted by Gasteiger charge is -2.16. The number of rotatable bonds is 7. The third-order valence-corrected chi connectivity index (χ3v) is 2.76. The van der Waals surface area contributed by atoms with Crippen molar-refractivity contribution < 1.29 is 19.2 Å². The number of carbonyl (C=O) groups excluding carboxylic acids is 1. The van der Waals surface area contributed by atoms with E-state index in [4.69, 9.17) is 16.3 Å². The Morgan fingerprint density at radius 2 is 2.25 bits per heavy atom. The highest BCUT2D eigenvalue weighted by Crippen LogP contribution is 2.28. The number of esters is 1. The minimum absolute atomic E-state index is 0.0119. The number of halogens is 1. The minimum Gasteiger partial charge on any atom is -0.490 e. The number of nitrogens with zero attached hydrogens (tertiary/aromatic N) is 1. The van der Waals surface area contributed by atoms with Gasteiger partial charge in [-0.1, -0.05) is 18.5 Å². The molecule has 1 aromatic carbocycles. The first-order chi connectivity index (χ1) is 9.49. The van der Waals surface area contributed by atoms with Gasteiger partial charge in [-0.05, 0) is 12.6 Å². The van der Waals surface area contributed by atoms with E-state index in [0.717, 1.165) is 0 Å². The van der Waals surface area contributed by atoms with E-state index >= 15 is 0 Å². The average molecular weight is 303 g/mol. The molecule has 8 heteroatoms. The van der Waals surface area contributed by atoms with Crippen LogP contribution in [0.4, 0.5) is 5.69 Å². The Morgan fingerprint density at radius 3 is 2.75 bits per heavy atom. The predicted octanol–water partition coefficient (Wildman–Crippen LogP) is 1.78. The van der Waals surface area contributed by atoms with Crippen molar-refractivity contribution >= 4 is 23.3 Å². The van der Waals surface area contributed by atoms with Gasteiger partial charge >= 0.3 is 5.97 Å². The largest absolute Gasteiger partial charge is 0.490 e. The van der Waals surface area contributed by atoms with Crippen molar-refractivity contribution in [2.24, 2.45) is 0 Å². The van der Waals surface area contributed by atoms with E-state index in [2.05, 4.69) is 10.1 Å². The Balaban J connectivity index is 2.73. The third-order valence-electron chi connectivity index (χ3n) is 2.47. The van der Waals surface area contributed by atoms with E-state index in [1.54, 1.807) is 0 Å². The number of ether oxygens (including phenoxy) is 2. The molecular weight excluding hydrogens is 288 g/mol. The van der Waals surface area contributed by atoms with E-state index in [1.807, 2.05) is 6.92 Å². The smallest absolute Gasteiger partial charge is 0.326 e. The number of hydrogen-bond acceptors (Lipinski definition) is 6. The Hall–Kier alpha value is -1.86. The lowest BCUT2D eigenvalue weighted by Crippen LogP contribution is -2.42. The normalized spacial score (nSPS) is 11.8. The summed E-state index contributed by atoms with van der Waals surface area (Å²) in [5.74, 6) is -0.186. The van der Waals surface area contributed by atoms with Crippen molar-refractivity contribution in [3.63, 3.8) is 0 Å². The van der Waals surface area contributed by atoms with Gasteiger partial charge in [-0.25, -0.2) is 0 Å². The second kappa shape index (κ2) is 7.66. The van der Waals surface area contributed by atoms with Crippen molar-refractivity contribution in [3.05, 3.63) is 33.3 Å². The molecular formula is C12H15ClN2O5. The van der Waals surface area contributed by atoms with Crippen LogP contribution in [0.3, 0.4) is 0 Å². The summed E-state index contributed by atoms with van der Waals surface area (Å²) in [7, 11) is 1.28. The number of nitrogens with one attached hydrogen (secondary N) is 1. The molecule has 0 radical (unpaired) electrons. The van der Waals surface area contributed by atoms with Crippen molar-refractivity contribution in [2.75, 3.05) is 20.3 Å². The maximum atomic E-state index is 11.5. The van der Waals surface area contributed by atoms with Gasteiger partial charge in [-0.15, -0.1) is 0 Å². The summed E-state index contributed by atoms with van der Waals surface area (Å²) in [4.78, 5) is 21.5. The molecule has 1 rings (SSSR count). The fraction of sp³-hybridized carbons (Fsp3) is 0.417. The maximum Gasteiger partial charge on any atom is 0.326 e. The molecule has 1 N–H and O–H groups in total. The number of methoxy groups -OCH3 is 1. The summed E-state index contributed by atoms with van der Waals surface area (Å²) in [6, 6.07) is 3.23. The van der Waals surface area contributed by atoms with Crippen LogP contribution in [0.5, 0.6) is 5.75 Å². The minimum atomic E-state index is -0.628. The Labute approximate surface area is 121 Å². The van der Waals surface area contributed by atoms with Crippen molar-refractivity contribution in [1.82, 2.24) is 5.32 Å². The summed E-state index contributed by atoms with van der Waals surface area (Å²) in [5, 5.41) is 13.6. The third kappa shape index (κ3) is 4.36. The Kier molecular flexibility index (Phi) is 6.20. The molecule has 0 fully saturated rings. The summed E-state index contributed by atoms with van der Waals surface area (Å²) >= 11 is 5.88. The second-order valence-electron chi connectivity index (χ2n) is 3.82. The van der Waals surface area contributed by atoms with Crippen LogP contribution in [-0.2, 0) is 9.53 Å². The first kappa shape index (κ1) is 16.2. The molecule has 1 atom stereocenters. The summed E-state index contributed by atoms with van der Waals surface area (Å²) in [5.41, 5.74) is -0.126. The van der Waals surface area contributed by atoms with E-state index in [0.29, 0.717) is 6.54 Å². The number of hydrogen-bond donors (Lipinski definition) is 1. The van der Waals surface area contributed by atoms with Crippen LogP contribution in [0, 0.1) is 10.1 Å². The monoisotopic (exact) mass is 302 g/mol. The molecule has 0 amide bonds.